The van der Waals surface area contributed by atoms with E-state index in [9.17, 15) is 9.90 Å². The number of amides is 1. The van der Waals surface area contributed by atoms with Crippen molar-refractivity contribution in [2.45, 2.75) is 6.42 Å². The van der Waals surface area contributed by atoms with Crippen molar-refractivity contribution in [2.24, 2.45) is 15.3 Å². The SMILES string of the molecule is O=C(Cc1ccc(Br)cc1)NN=Cc1cc(N=Nc2ccccc2)ccc1O. The normalized spacial score (nSPS) is 11.2. The minimum absolute atomic E-state index is 0.0320. The van der Waals surface area contributed by atoms with Crippen LogP contribution >= 0.6 is 15.9 Å². The summed E-state index contributed by atoms with van der Waals surface area (Å²) in [6.07, 6.45) is 1.58. The molecule has 0 aliphatic carbocycles. The number of nitrogens with zero attached hydrogens (tertiary/aromatic N) is 3. The number of phenols is 1. The Morgan fingerprint density at radius 1 is 0.964 bits per heavy atom. The van der Waals surface area contributed by atoms with E-state index in [1.165, 1.54) is 12.3 Å². The predicted octanol–water partition coefficient (Wildman–Crippen LogP) is 5.26. The van der Waals surface area contributed by atoms with E-state index >= 15 is 0 Å². The Hall–Kier alpha value is -3.32. The highest BCUT2D eigenvalue weighted by molar-refractivity contribution is 9.10. The molecule has 0 aliphatic heterocycles. The summed E-state index contributed by atoms with van der Waals surface area (Å²) >= 11 is 3.35. The molecule has 0 unspecified atom stereocenters. The van der Waals surface area contributed by atoms with Crippen LogP contribution in [0.3, 0.4) is 0 Å². The highest BCUT2D eigenvalue weighted by Gasteiger charge is 2.03. The van der Waals surface area contributed by atoms with Gasteiger partial charge in [0.1, 0.15) is 5.75 Å². The first-order valence-electron chi connectivity index (χ1n) is 8.46. The number of hydrogen-bond acceptors (Lipinski definition) is 5. The van der Waals surface area contributed by atoms with Crippen molar-refractivity contribution in [3.05, 3.63) is 88.4 Å². The number of nitrogens with one attached hydrogen (secondary N) is 1. The number of phenolic OH excluding ortho intramolecular Hbond substituents is 1. The lowest BCUT2D eigenvalue weighted by molar-refractivity contribution is -0.120. The highest BCUT2D eigenvalue weighted by atomic mass is 79.9. The molecule has 0 spiro atoms. The maximum atomic E-state index is 12.0. The van der Waals surface area contributed by atoms with Crippen LogP contribution in [0.4, 0.5) is 11.4 Å². The number of benzene rings is 3. The van der Waals surface area contributed by atoms with Gasteiger partial charge in [-0.05, 0) is 48.0 Å². The number of carbonyl (C=O) groups excluding carboxylic acids is 1. The molecule has 7 heteroatoms. The number of carbonyl (C=O) groups is 1. The summed E-state index contributed by atoms with van der Waals surface area (Å²) in [5, 5.41) is 22.2. The van der Waals surface area contributed by atoms with Crippen molar-refractivity contribution in [3.8, 4) is 5.75 Å². The first-order valence-corrected chi connectivity index (χ1v) is 9.25. The molecule has 0 aromatic heterocycles. The summed E-state index contributed by atoms with van der Waals surface area (Å²) in [5.41, 5.74) is 5.04. The second-order valence-electron chi connectivity index (χ2n) is 5.88. The van der Waals surface area contributed by atoms with Gasteiger partial charge >= 0.3 is 0 Å². The molecule has 1 amide bonds. The van der Waals surface area contributed by atoms with Crippen LogP contribution in [0.5, 0.6) is 5.75 Å². The van der Waals surface area contributed by atoms with Crippen molar-refractivity contribution < 1.29 is 9.90 Å². The lowest BCUT2D eigenvalue weighted by Crippen LogP contribution is -2.19. The molecule has 0 aliphatic rings. The van der Waals surface area contributed by atoms with E-state index in [4.69, 9.17) is 0 Å². The topological polar surface area (TPSA) is 86.4 Å². The molecule has 0 heterocycles. The van der Waals surface area contributed by atoms with Crippen LogP contribution in [0.2, 0.25) is 0 Å². The van der Waals surface area contributed by atoms with E-state index in [1.54, 1.807) is 12.1 Å². The molecule has 3 rings (SSSR count). The summed E-state index contributed by atoms with van der Waals surface area (Å²) < 4.78 is 0.953. The third kappa shape index (κ3) is 5.85. The Balaban J connectivity index is 1.62. The molecule has 0 saturated heterocycles. The van der Waals surface area contributed by atoms with Crippen LogP contribution in [0, 0.1) is 0 Å². The molecule has 0 radical (unpaired) electrons. The number of hydrazone groups is 1. The van der Waals surface area contributed by atoms with Crippen molar-refractivity contribution in [3.63, 3.8) is 0 Å². The summed E-state index contributed by atoms with van der Waals surface area (Å²) in [6.45, 7) is 0. The number of rotatable bonds is 6. The fraction of sp³-hybridized carbons (Fsp3) is 0.0476. The molecule has 0 bridgehead atoms. The van der Waals surface area contributed by atoms with Gasteiger partial charge in [0.15, 0.2) is 0 Å². The van der Waals surface area contributed by atoms with Crippen LogP contribution in [0.25, 0.3) is 0 Å². The molecule has 0 saturated carbocycles. The monoisotopic (exact) mass is 436 g/mol. The quantitative estimate of drug-likeness (QED) is 0.313. The Morgan fingerprint density at radius 3 is 2.43 bits per heavy atom. The van der Waals surface area contributed by atoms with Gasteiger partial charge in [-0.2, -0.15) is 15.3 Å². The van der Waals surface area contributed by atoms with Crippen molar-refractivity contribution in [2.75, 3.05) is 0 Å². The zero-order valence-corrected chi connectivity index (χ0v) is 16.4. The first-order chi connectivity index (χ1) is 13.6. The van der Waals surface area contributed by atoms with E-state index in [-0.39, 0.29) is 18.1 Å². The number of halogens is 1. The molecular formula is C21H17BrN4O2. The molecular weight excluding hydrogens is 420 g/mol. The zero-order chi connectivity index (χ0) is 19.8. The smallest absolute Gasteiger partial charge is 0.244 e. The minimum atomic E-state index is -0.252. The van der Waals surface area contributed by atoms with E-state index in [0.717, 1.165) is 15.7 Å². The van der Waals surface area contributed by atoms with Gasteiger partial charge in [-0.1, -0.05) is 46.3 Å². The van der Waals surface area contributed by atoms with Crippen LogP contribution in [0.1, 0.15) is 11.1 Å². The molecule has 140 valence electrons. The van der Waals surface area contributed by atoms with Gasteiger partial charge < -0.3 is 5.11 Å². The molecule has 3 aromatic rings. The average molecular weight is 437 g/mol. The molecule has 6 nitrogen and oxygen atoms in total. The van der Waals surface area contributed by atoms with E-state index in [2.05, 4.69) is 36.7 Å². The summed E-state index contributed by atoms with van der Waals surface area (Å²) in [5.74, 6) is -0.220. The zero-order valence-electron chi connectivity index (χ0n) is 14.8. The maximum absolute atomic E-state index is 12.0. The number of aromatic hydroxyl groups is 1. The van der Waals surface area contributed by atoms with Gasteiger partial charge in [0.05, 0.1) is 24.0 Å². The Kier molecular flexibility index (Phi) is 6.64. The van der Waals surface area contributed by atoms with E-state index in [1.807, 2.05) is 54.6 Å². The third-order valence-electron chi connectivity index (χ3n) is 3.72. The van der Waals surface area contributed by atoms with Gasteiger partial charge in [0.25, 0.3) is 0 Å². The maximum Gasteiger partial charge on any atom is 0.244 e. The van der Waals surface area contributed by atoms with E-state index < -0.39 is 0 Å². The van der Waals surface area contributed by atoms with Crippen molar-refractivity contribution in [1.82, 2.24) is 5.43 Å². The van der Waals surface area contributed by atoms with Gasteiger partial charge in [-0.15, -0.1) is 0 Å². The lowest BCUT2D eigenvalue weighted by atomic mass is 10.1. The molecule has 3 aromatic carbocycles. The third-order valence-corrected chi connectivity index (χ3v) is 4.25. The lowest BCUT2D eigenvalue weighted by Gasteiger charge is -2.02. The predicted molar refractivity (Wildman–Crippen MR) is 112 cm³/mol. The van der Waals surface area contributed by atoms with Crippen molar-refractivity contribution in [1.29, 1.82) is 0 Å². The highest BCUT2D eigenvalue weighted by Crippen LogP contribution is 2.24. The van der Waals surface area contributed by atoms with Crippen LogP contribution in [-0.2, 0) is 11.2 Å². The van der Waals surface area contributed by atoms with Gasteiger partial charge in [-0.25, -0.2) is 5.43 Å². The molecule has 2 N–H and O–H groups in total. The largest absolute Gasteiger partial charge is 0.507 e. The number of azo groups is 1. The van der Waals surface area contributed by atoms with Crippen molar-refractivity contribution >= 4 is 39.4 Å². The standard InChI is InChI=1S/C21H17BrN4O2/c22-17-8-6-15(7-9-17)12-21(28)26-23-14-16-13-19(10-11-20(16)27)25-24-18-4-2-1-3-5-18/h1-11,13-14,27H,12H2,(H,26,28). The fourth-order valence-corrected chi connectivity index (χ4v) is 2.58. The number of hydrogen-bond donors (Lipinski definition) is 2. The summed E-state index contributed by atoms with van der Waals surface area (Å²) in [4.78, 5) is 12.0. The molecule has 0 fully saturated rings. The van der Waals surface area contributed by atoms with Gasteiger partial charge in [-0.3, -0.25) is 4.79 Å². The van der Waals surface area contributed by atoms with Crippen LogP contribution < -0.4 is 5.43 Å². The molecule has 28 heavy (non-hydrogen) atoms. The minimum Gasteiger partial charge on any atom is -0.507 e. The van der Waals surface area contributed by atoms with Gasteiger partial charge in [0, 0.05) is 10.0 Å². The first kappa shape index (κ1) is 19.4. The fourth-order valence-electron chi connectivity index (χ4n) is 2.32. The Bertz CT molecular complexity index is 1000. The Morgan fingerprint density at radius 2 is 1.68 bits per heavy atom. The molecule has 0 atom stereocenters. The van der Waals surface area contributed by atoms with E-state index in [0.29, 0.717) is 11.3 Å². The second-order valence-corrected chi connectivity index (χ2v) is 6.79. The van der Waals surface area contributed by atoms with Crippen LogP contribution in [-0.4, -0.2) is 17.2 Å². The summed E-state index contributed by atoms with van der Waals surface area (Å²) in [7, 11) is 0. The Labute approximate surface area is 170 Å². The van der Waals surface area contributed by atoms with Gasteiger partial charge in [0.2, 0.25) is 5.91 Å². The summed E-state index contributed by atoms with van der Waals surface area (Å²) in [6, 6.07) is 21.6. The second kappa shape index (κ2) is 9.57. The van der Waals surface area contributed by atoms with Crippen LogP contribution in [0.15, 0.2) is 92.6 Å². The average Bonchev–Trinajstić information content (AvgIpc) is 2.71.